The van der Waals surface area contributed by atoms with Crippen LogP contribution in [-0.4, -0.2) is 96.7 Å². The van der Waals surface area contributed by atoms with Gasteiger partial charge in [-0.3, -0.25) is 37.3 Å². The second-order valence-corrected chi connectivity index (χ2v) is 31.5. The largest absolute Gasteiger partial charge is 0.472 e. The van der Waals surface area contributed by atoms with Gasteiger partial charge in [0.2, 0.25) is 0 Å². The first-order valence-corrected chi connectivity index (χ1v) is 42.7. The fourth-order valence-corrected chi connectivity index (χ4v) is 13.0. The summed E-state index contributed by atoms with van der Waals surface area (Å²) in [5, 5.41) is 10.6. The molecule has 0 saturated carbocycles. The summed E-state index contributed by atoms with van der Waals surface area (Å²) in [6, 6.07) is 0. The van der Waals surface area contributed by atoms with E-state index in [1.165, 1.54) is 167 Å². The summed E-state index contributed by atoms with van der Waals surface area (Å²) >= 11 is 0. The smallest absolute Gasteiger partial charge is 0.462 e. The van der Waals surface area contributed by atoms with E-state index < -0.39 is 97.5 Å². The molecule has 6 atom stereocenters. The number of carbonyl (C=O) groups is 4. The van der Waals surface area contributed by atoms with Gasteiger partial charge in [0.25, 0.3) is 0 Å². The molecular weight excluding hydrogens is 1270 g/mol. The molecule has 0 aromatic rings. The second-order valence-electron chi connectivity index (χ2n) is 28.6. The number of allylic oxidation sites excluding steroid dienone is 4. The molecule has 3 N–H and O–H groups in total. The average Bonchev–Trinajstić information content (AvgIpc) is 1.64. The number of aliphatic hydroxyl groups excluding tert-OH is 1. The van der Waals surface area contributed by atoms with Crippen molar-refractivity contribution in [3.63, 3.8) is 0 Å². The SMILES string of the molecule is CCCCCC/C=C\C=C/CCCCCCCC(=O)O[C@H](COC(=O)CCCCCCCCCCCCCC(C)C)COP(=O)(O)OCC(O)COP(=O)(O)OC[C@@H](COC(=O)CCCCCCCCCC(C)C)OC(=O)CCCCCCCCCCCCCCCCC(C)CC. The van der Waals surface area contributed by atoms with E-state index in [0.29, 0.717) is 31.6 Å². The van der Waals surface area contributed by atoms with Crippen molar-refractivity contribution in [2.45, 2.75) is 394 Å². The summed E-state index contributed by atoms with van der Waals surface area (Å²) in [4.78, 5) is 72.9. The van der Waals surface area contributed by atoms with Gasteiger partial charge in [-0.1, -0.05) is 323 Å². The Hall–Kier alpha value is -2.46. The molecule has 0 heterocycles. The van der Waals surface area contributed by atoms with Crippen molar-refractivity contribution in [3.05, 3.63) is 24.3 Å². The topological polar surface area (TPSA) is 237 Å². The highest BCUT2D eigenvalue weighted by Gasteiger charge is 2.30. The Morgan fingerprint density at radius 3 is 0.918 bits per heavy atom. The van der Waals surface area contributed by atoms with Crippen molar-refractivity contribution >= 4 is 39.5 Å². The van der Waals surface area contributed by atoms with Gasteiger partial charge in [-0.25, -0.2) is 9.13 Å². The molecule has 4 unspecified atom stereocenters. The van der Waals surface area contributed by atoms with Crippen LogP contribution in [0.1, 0.15) is 376 Å². The maximum atomic E-state index is 13.1. The molecule has 0 spiro atoms. The molecule has 0 fully saturated rings. The van der Waals surface area contributed by atoms with E-state index in [1.54, 1.807) is 0 Å². The average molecular weight is 1420 g/mol. The van der Waals surface area contributed by atoms with E-state index in [-0.39, 0.29) is 25.7 Å². The number of hydrogen-bond acceptors (Lipinski definition) is 15. The first-order valence-electron chi connectivity index (χ1n) is 39.7. The van der Waals surface area contributed by atoms with Gasteiger partial charge in [0.05, 0.1) is 26.4 Å². The van der Waals surface area contributed by atoms with E-state index in [0.717, 1.165) is 121 Å². The Bertz CT molecular complexity index is 1980. The number of carbonyl (C=O) groups excluding carboxylic acids is 4. The predicted molar refractivity (Wildman–Crippen MR) is 395 cm³/mol. The molecule has 0 bridgehead atoms. The van der Waals surface area contributed by atoms with Crippen molar-refractivity contribution < 1.29 is 80.2 Å². The summed E-state index contributed by atoms with van der Waals surface area (Å²) in [7, 11) is -9.93. The minimum Gasteiger partial charge on any atom is -0.462 e. The van der Waals surface area contributed by atoms with E-state index >= 15 is 0 Å². The quantitative estimate of drug-likeness (QED) is 0.0169. The van der Waals surface area contributed by atoms with Crippen LogP contribution in [0, 0.1) is 17.8 Å². The number of unbranched alkanes of at least 4 members (excludes halogenated alkanes) is 38. The first kappa shape index (κ1) is 94.5. The van der Waals surface area contributed by atoms with E-state index in [2.05, 4.69) is 72.8 Å². The highest BCUT2D eigenvalue weighted by molar-refractivity contribution is 7.47. The summed E-state index contributed by atoms with van der Waals surface area (Å²) in [6.45, 7) is 11.8. The lowest BCUT2D eigenvalue weighted by Gasteiger charge is -2.21. The van der Waals surface area contributed by atoms with Crippen LogP contribution < -0.4 is 0 Å². The zero-order valence-corrected chi connectivity index (χ0v) is 64.8. The number of phosphoric acid groups is 2. The summed E-state index contributed by atoms with van der Waals surface area (Å²) in [6.07, 6.45) is 57.7. The van der Waals surface area contributed by atoms with Gasteiger partial charge >= 0.3 is 39.5 Å². The van der Waals surface area contributed by atoms with Gasteiger partial charge in [-0.2, -0.15) is 0 Å². The highest BCUT2D eigenvalue weighted by Crippen LogP contribution is 2.45. The molecule has 17 nitrogen and oxygen atoms in total. The molecule has 0 aliphatic carbocycles. The molecule has 0 amide bonds. The molecule has 0 saturated heterocycles. The molecule has 0 aliphatic heterocycles. The Morgan fingerprint density at radius 1 is 0.340 bits per heavy atom. The van der Waals surface area contributed by atoms with Crippen molar-refractivity contribution in [3.8, 4) is 0 Å². The minimum absolute atomic E-state index is 0.0846. The zero-order chi connectivity index (χ0) is 71.6. The van der Waals surface area contributed by atoms with Gasteiger partial charge < -0.3 is 33.8 Å². The number of hydrogen-bond donors (Lipinski definition) is 3. The molecular formula is C78H148O17P2. The lowest BCUT2D eigenvalue weighted by atomic mass is 9.99. The molecule has 97 heavy (non-hydrogen) atoms. The molecule has 572 valence electrons. The number of esters is 4. The lowest BCUT2D eigenvalue weighted by molar-refractivity contribution is -0.161. The van der Waals surface area contributed by atoms with Crippen LogP contribution in [0.4, 0.5) is 0 Å². The first-order chi connectivity index (χ1) is 46.8. The number of aliphatic hydroxyl groups is 1. The maximum Gasteiger partial charge on any atom is 0.472 e. The molecule has 0 aliphatic rings. The van der Waals surface area contributed by atoms with E-state index in [1.807, 2.05) is 0 Å². The minimum atomic E-state index is -4.97. The zero-order valence-electron chi connectivity index (χ0n) is 63.0. The Labute approximate surface area is 592 Å². The molecule has 0 rings (SSSR count). The van der Waals surface area contributed by atoms with Crippen LogP contribution in [0.5, 0.6) is 0 Å². The van der Waals surface area contributed by atoms with Crippen LogP contribution >= 0.6 is 15.6 Å². The third kappa shape index (κ3) is 70.4. The van der Waals surface area contributed by atoms with Gasteiger partial charge in [0.15, 0.2) is 12.2 Å². The molecule has 0 aromatic heterocycles. The molecule has 19 heteroatoms. The van der Waals surface area contributed by atoms with E-state index in [4.69, 9.17) is 37.0 Å². The highest BCUT2D eigenvalue weighted by atomic mass is 31.2. The summed E-state index contributed by atoms with van der Waals surface area (Å²) in [5.41, 5.74) is 0. The fourth-order valence-electron chi connectivity index (χ4n) is 11.4. The normalized spacial score (nSPS) is 14.5. The van der Waals surface area contributed by atoms with Crippen LogP contribution in [0.3, 0.4) is 0 Å². The predicted octanol–water partition coefficient (Wildman–Crippen LogP) is 22.5. The lowest BCUT2D eigenvalue weighted by Crippen LogP contribution is -2.30. The third-order valence-corrected chi connectivity index (χ3v) is 19.8. The van der Waals surface area contributed by atoms with Gasteiger partial charge in [0, 0.05) is 25.7 Å². The third-order valence-electron chi connectivity index (χ3n) is 17.9. The summed E-state index contributed by atoms with van der Waals surface area (Å²) < 4.78 is 68.5. The maximum absolute atomic E-state index is 13.1. The number of rotatable bonds is 74. The number of ether oxygens (including phenoxy) is 4. The Balaban J connectivity index is 5.28. The van der Waals surface area contributed by atoms with Crippen molar-refractivity contribution in [2.24, 2.45) is 17.8 Å². The monoisotopic (exact) mass is 1420 g/mol. The summed E-state index contributed by atoms with van der Waals surface area (Å²) in [5.74, 6) is 0.170. The Kier molecular flexibility index (Phi) is 66.3. The second kappa shape index (κ2) is 68.0. The van der Waals surface area contributed by atoms with Crippen molar-refractivity contribution in [1.82, 2.24) is 0 Å². The van der Waals surface area contributed by atoms with Gasteiger partial charge in [-0.15, -0.1) is 0 Å². The van der Waals surface area contributed by atoms with Gasteiger partial charge in [-0.05, 0) is 69.1 Å². The van der Waals surface area contributed by atoms with Gasteiger partial charge in [0.1, 0.15) is 19.3 Å². The van der Waals surface area contributed by atoms with Crippen LogP contribution in [0.25, 0.3) is 0 Å². The van der Waals surface area contributed by atoms with Crippen LogP contribution in [0.15, 0.2) is 24.3 Å². The Morgan fingerprint density at radius 2 is 0.608 bits per heavy atom. The van der Waals surface area contributed by atoms with Crippen LogP contribution in [0.2, 0.25) is 0 Å². The van der Waals surface area contributed by atoms with E-state index in [9.17, 15) is 43.2 Å². The molecule has 0 radical (unpaired) electrons. The van der Waals surface area contributed by atoms with Crippen LogP contribution in [-0.2, 0) is 65.4 Å². The fraction of sp³-hybridized carbons (Fsp3) is 0.897. The number of phosphoric ester groups is 2. The van der Waals surface area contributed by atoms with Crippen molar-refractivity contribution in [1.29, 1.82) is 0 Å². The van der Waals surface area contributed by atoms with Crippen molar-refractivity contribution in [2.75, 3.05) is 39.6 Å². The molecule has 0 aromatic carbocycles. The standard InChI is InChI=1S/C78H148O17P2/c1-8-10-11-12-13-14-15-16-17-21-26-32-39-47-54-61-77(82)94-73(65-88-75(80)59-52-45-38-31-28-23-24-29-35-42-49-56-69(3)4)67-92-96(84,85)90-63-72(79)64-91-97(86,87)93-68-74(66-89-76(81)60-53-46-41-34-36-43-50-57-70(5)6)95-78(83)62-55-48-40-33-27-22-19-18-20-25-30-37-44-51-58-71(7)9-2/h14-17,69-74,79H,8-13,18-68H2,1-7H3,(H,84,85)(H,86,87)/b15-14-,17-16-/t71?,72?,73-,74-/m1/s1.